The van der Waals surface area contributed by atoms with Crippen LogP contribution in [0.2, 0.25) is 0 Å². The van der Waals surface area contributed by atoms with Gasteiger partial charge in [0.05, 0.1) is 12.6 Å². The van der Waals surface area contributed by atoms with E-state index in [9.17, 15) is 4.79 Å². The summed E-state index contributed by atoms with van der Waals surface area (Å²) in [6.45, 7) is 6.19. The molecule has 134 valence electrons. The minimum atomic E-state index is -0.264. The third-order valence-electron chi connectivity index (χ3n) is 4.85. The second-order valence-corrected chi connectivity index (χ2v) is 6.80. The van der Waals surface area contributed by atoms with Crippen molar-refractivity contribution in [3.8, 4) is 0 Å². The Morgan fingerprint density at radius 1 is 1.20 bits per heavy atom. The van der Waals surface area contributed by atoms with Crippen LogP contribution in [0.25, 0.3) is 0 Å². The average Bonchev–Trinajstić information content (AvgIpc) is 3.07. The number of carbonyl (C=O) groups excluding carboxylic acids is 1. The molecule has 2 atom stereocenters. The van der Waals surface area contributed by atoms with Crippen molar-refractivity contribution in [2.45, 2.75) is 58.2 Å². The largest absolute Gasteiger partial charge is 0.354 e. The first-order chi connectivity index (χ1) is 12.1. The van der Waals surface area contributed by atoms with Gasteiger partial charge in [-0.2, -0.15) is 0 Å². The first-order valence-electron chi connectivity index (χ1n) is 9.12. The molecule has 0 unspecified atom stereocenters. The number of hydrogen-bond acceptors (Lipinski definition) is 4. The summed E-state index contributed by atoms with van der Waals surface area (Å²) >= 11 is 0. The van der Waals surface area contributed by atoms with Crippen molar-refractivity contribution in [1.82, 2.24) is 25.4 Å². The highest BCUT2D eigenvalue weighted by Crippen LogP contribution is 2.14. The third-order valence-corrected chi connectivity index (χ3v) is 4.85. The van der Waals surface area contributed by atoms with E-state index in [-0.39, 0.29) is 11.9 Å². The van der Waals surface area contributed by atoms with Crippen molar-refractivity contribution in [1.29, 1.82) is 0 Å². The van der Waals surface area contributed by atoms with Crippen molar-refractivity contribution in [3.63, 3.8) is 0 Å². The normalized spacial score (nSPS) is 16.1. The van der Waals surface area contributed by atoms with Gasteiger partial charge in [0, 0.05) is 19.5 Å². The Morgan fingerprint density at radius 2 is 2.00 bits per heavy atom. The number of rotatable bonds is 7. The number of nitrogens with one attached hydrogen (secondary N) is 2. The molecule has 1 aliphatic rings. The summed E-state index contributed by atoms with van der Waals surface area (Å²) in [6.07, 6.45) is 3.36. The lowest BCUT2D eigenvalue weighted by atomic mass is 10.0. The van der Waals surface area contributed by atoms with Gasteiger partial charge in [-0.05, 0) is 31.2 Å². The molecule has 3 rings (SSSR count). The molecule has 1 aliphatic heterocycles. The van der Waals surface area contributed by atoms with Gasteiger partial charge < -0.3 is 9.88 Å². The molecule has 0 saturated carbocycles. The highest BCUT2D eigenvalue weighted by Gasteiger charge is 2.18. The van der Waals surface area contributed by atoms with Crippen LogP contribution in [0, 0.1) is 0 Å². The van der Waals surface area contributed by atoms with Crippen LogP contribution >= 0.6 is 0 Å². The van der Waals surface area contributed by atoms with Gasteiger partial charge in [-0.1, -0.05) is 37.3 Å². The maximum atomic E-state index is 12.3. The van der Waals surface area contributed by atoms with E-state index in [1.54, 1.807) is 0 Å². The minimum absolute atomic E-state index is 0.0150. The highest BCUT2D eigenvalue weighted by molar-refractivity contribution is 5.81. The smallest absolute Gasteiger partial charge is 0.236 e. The Hall–Kier alpha value is -2.21. The summed E-state index contributed by atoms with van der Waals surface area (Å²) in [7, 11) is 0. The summed E-state index contributed by atoms with van der Waals surface area (Å²) in [6, 6.07) is 9.97. The van der Waals surface area contributed by atoms with Gasteiger partial charge in [0.25, 0.3) is 0 Å². The van der Waals surface area contributed by atoms with Crippen LogP contribution in [-0.2, 0) is 24.3 Å². The Bertz CT molecular complexity index is 697. The number of aromatic nitrogens is 3. The van der Waals surface area contributed by atoms with Gasteiger partial charge in [-0.25, -0.2) is 0 Å². The molecule has 6 nitrogen and oxygen atoms in total. The summed E-state index contributed by atoms with van der Waals surface area (Å²) in [4.78, 5) is 12.3. The molecule has 0 spiro atoms. The molecule has 6 heteroatoms. The van der Waals surface area contributed by atoms with Crippen LogP contribution < -0.4 is 10.6 Å². The van der Waals surface area contributed by atoms with Gasteiger partial charge in [0.1, 0.15) is 11.6 Å². The van der Waals surface area contributed by atoms with E-state index in [1.807, 2.05) is 25.1 Å². The van der Waals surface area contributed by atoms with E-state index >= 15 is 0 Å². The zero-order chi connectivity index (χ0) is 17.6. The minimum Gasteiger partial charge on any atom is -0.354 e. The fraction of sp³-hybridized carbons (Fsp3) is 0.526. The third kappa shape index (κ3) is 4.45. The molecule has 2 aromatic rings. The average molecular weight is 341 g/mol. The van der Waals surface area contributed by atoms with Crippen molar-refractivity contribution in [3.05, 3.63) is 47.5 Å². The predicted octanol–water partition coefficient (Wildman–Crippen LogP) is 2.01. The molecule has 2 heterocycles. The number of hydrogen-bond donors (Lipinski definition) is 2. The topological polar surface area (TPSA) is 71.8 Å². The number of nitrogens with zero attached hydrogens (tertiary/aromatic N) is 3. The van der Waals surface area contributed by atoms with E-state index in [0.717, 1.165) is 24.6 Å². The van der Waals surface area contributed by atoms with E-state index < -0.39 is 0 Å². The molecule has 0 radical (unpaired) electrons. The molecule has 0 saturated heterocycles. The molecule has 0 aliphatic carbocycles. The van der Waals surface area contributed by atoms with Crippen LogP contribution in [0.5, 0.6) is 0 Å². The Balaban J connectivity index is 1.46. The lowest BCUT2D eigenvalue weighted by Gasteiger charge is -2.18. The first-order valence-corrected chi connectivity index (χ1v) is 9.12. The number of amides is 1. The Morgan fingerprint density at radius 3 is 2.80 bits per heavy atom. The molecule has 1 aromatic carbocycles. The van der Waals surface area contributed by atoms with Crippen LogP contribution in [-0.4, -0.2) is 33.3 Å². The van der Waals surface area contributed by atoms with Crippen LogP contribution in [0.3, 0.4) is 0 Å². The van der Waals surface area contributed by atoms with Gasteiger partial charge in [0.2, 0.25) is 5.91 Å². The summed E-state index contributed by atoms with van der Waals surface area (Å²) in [5.74, 6) is 2.30. The zero-order valence-electron chi connectivity index (χ0n) is 15.0. The van der Waals surface area contributed by atoms with Crippen LogP contribution in [0.4, 0.5) is 0 Å². The number of carbonyl (C=O) groups is 1. The second-order valence-electron chi connectivity index (χ2n) is 6.80. The quantitative estimate of drug-likeness (QED) is 0.808. The molecule has 0 bridgehead atoms. The van der Waals surface area contributed by atoms with Gasteiger partial charge in [-0.3, -0.25) is 10.1 Å². The number of benzene rings is 1. The SMILES string of the molecule is C[C@@H](NCc1nnc2n1CCCC2)C(=O)NC[C@H](C)c1ccccc1. The number of aryl methyl sites for hydroxylation is 1. The van der Waals surface area contributed by atoms with Crippen molar-refractivity contribution < 1.29 is 4.79 Å². The molecule has 0 fully saturated rings. The lowest BCUT2D eigenvalue weighted by Crippen LogP contribution is -2.43. The van der Waals surface area contributed by atoms with E-state index in [4.69, 9.17) is 0 Å². The fourth-order valence-corrected chi connectivity index (χ4v) is 3.14. The zero-order valence-corrected chi connectivity index (χ0v) is 15.0. The first kappa shape index (κ1) is 17.6. The predicted molar refractivity (Wildman–Crippen MR) is 97.1 cm³/mol. The van der Waals surface area contributed by atoms with E-state index in [0.29, 0.717) is 19.0 Å². The van der Waals surface area contributed by atoms with Gasteiger partial charge >= 0.3 is 0 Å². The van der Waals surface area contributed by atoms with E-state index in [1.165, 1.54) is 18.4 Å². The molecule has 2 N–H and O–H groups in total. The lowest BCUT2D eigenvalue weighted by molar-refractivity contribution is -0.122. The van der Waals surface area contributed by atoms with Crippen LogP contribution in [0.15, 0.2) is 30.3 Å². The standard InChI is InChI=1S/C19H27N5O/c1-14(16-8-4-3-5-9-16)12-21-19(25)15(2)20-13-18-23-22-17-10-6-7-11-24(17)18/h3-5,8-9,14-15,20H,6-7,10-13H2,1-2H3,(H,21,25)/t14-,15+/m0/s1. The van der Waals surface area contributed by atoms with Crippen molar-refractivity contribution >= 4 is 5.91 Å². The van der Waals surface area contributed by atoms with Crippen LogP contribution in [0.1, 0.15) is 49.8 Å². The molecular formula is C19H27N5O. The molecule has 1 amide bonds. The van der Waals surface area contributed by atoms with Crippen molar-refractivity contribution in [2.24, 2.45) is 0 Å². The molecule has 25 heavy (non-hydrogen) atoms. The van der Waals surface area contributed by atoms with Crippen molar-refractivity contribution in [2.75, 3.05) is 6.54 Å². The molecule has 1 aromatic heterocycles. The summed E-state index contributed by atoms with van der Waals surface area (Å²) < 4.78 is 2.18. The second kappa shape index (κ2) is 8.25. The monoisotopic (exact) mass is 341 g/mol. The highest BCUT2D eigenvalue weighted by atomic mass is 16.2. The van der Waals surface area contributed by atoms with E-state index in [2.05, 4.69) is 44.5 Å². The summed E-state index contributed by atoms with van der Waals surface area (Å²) in [5, 5.41) is 14.8. The number of fused-ring (bicyclic) bond motifs is 1. The Kier molecular flexibility index (Phi) is 5.81. The maximum absolute atomic E-state index is 12.3. The van der Waals surface area contributed by atoms with Gasteiger partial charge in [-0.15, -0.1) is 10.2 Å². The summed E-state index contributed by atoms with van der Waals surface area (Å²) in [5.41, 5.74) is 1.23. The molecular weight excluding hydrogens is 314 g/mol. The van der Waals surface area contributed by atoms with Gasteiger partial charge in [0.15, 0.2) is 0 Å². The Labute approximate surface area is 149 Å². The maximum Gasteiger partial charge on any atom is 0.236 e. The fourth-order valence-electron chi connectivity index (χ4n) is 3.14.